The molecule has 0 fully saturated rings. The first kappa shape index (κ1) is 15.4. The van der Waals surface area contributed by atoms with Gasteiger partial charge in [0.25, 0.3) is 0 Å². The van der Waals surface area contributed by atoms with Crippen LogP contribution < -0.4 is 10.1 Å². The van der Waals surface area contributed by atoms with Gasteiger partial charge < -0.3 is 19.5 Å². The minimum absolute atomic E-state index is 0.556. The Morgan fingerprint density at radius 1 is 1.11 bits per heavy atom. The Balaban J connectivity index is 2.41. The normalized spacial score (nSPS) is 10.6. The first-order chi connectivity index (χ1) is 8.77. The fourth-order valence-corrected chi connectivity index (χ4v) is 1.95. The zero-order valence-corrected chi connectivity index (χ0v) is 12.5. The van der Waals surface area contributed by atoms with Crippen LogP contribution in [0.15, 0.2) is 22.7 Å². The molecule has 4 nitrogen and oxygen atoms in total. The SMILES string of the molecule is COCCNCc1ccc(OCCOC)c(Br)c1. The summed E-state index contributed by atoms with van der Waals surface area (Å²) in [5.41, 5.74) is 1.21. The Morgan fingerprint density at radius 2 is 1.89 bits per heavy atom. The van der Waals surface area contributed by atoms with Crippen molar-refractivity contribution in [2.24, 2.45) is 0 Å². The van der Waals surface area contributed by atoms with Gasteiger partial charge in [-0.15, -0.1) is 0 Å². The van der Waals surface area contributed by atoms with Gasteiger partial charge in [-0.3, -0.25) is 0 Å². The van der Waals surface area contributed by atoms with Gasteiger partial charge in [-0.25, -0.2) is 0 Å². The second kappa shape index (κ2) is 9.33. The Labute approximate surface area is 117 Å². The largest absolute Gasteiger partial charge is 0.490 e. The Hall–Kier alpha value is -0.620. The van der Waals surface area contributed by atoms with Crippen LogP contribution >= 0.6 is 15.9 Å². The number of ether oxygens (including phenoxy) is 3. The van der Waals surface area contributed by atoms with E-state index in [4.69, 9.17) is 14.2 Å². The van der Waals surface area contributed by atoms with Gasteiger partial charge in [0.1, 0.15) is 12.4 Å². The summed E-state index contributed by atoms with van der Waals surface area (Å²) in [6.07, 6.45) is 0. The van der Waals surface area contributed by atoms with E-state index in [-0.39, 0.29) is 0 Å². The number of benzene rings is 1. The molecule has 0 spiro atoms. The molecule has 102 valence electrons. The fraction of sp³-hybridized carbons (Fsp3) is 0.538. The van der Waals surface area contributed by atoms with Crippen LogP contribution in [0.4, 0.5) is 0 Å². The zero-order valence-electron chi connectivity index (χ0n) is 10.9. The maximum Gasteiger partial charge on any atom is 0.133 e. The number of rotatable bonds is 9. The molecule has 0 amide bonds. The summed E-state index contributed by atoms with van der Waals surface area (Å²) in [6.45, 7) is 3.53. The van der Waals surface area contributed by atoms with E-state index in [0.29, 0.717) is 13.2 Å². The fourth-order valence-electron chi connectivity index (χ4n) is 1.41. The van der Waals surface area contributed by atoms with E-state index in [1.165, 1.54) is 5.56 Å². The van der Waals surface area contributed by atoms with Gasteiger partial charge >= 0.3 is 0 Å². The van der Waals surface area contributed by atoms with E-state index in [9.17, 15) is 0 Å². The molecule has 0 unspecified atom stereocenters. The molecular formula is C13H20BrNO3. The van der Waals surface area contributed by atoms with Crippen molar-refractivity contribution < 1.29 is 14.2 Å². The highest BCUT2D eigenvalue weighted by atomic mass is 79.9. The van der Waals surface area contributed by atoms with E-state index in [2.05, 4.69) is 27.3 Å². The van der Waals surface area contributed by atoms with Crippen molar-refractivity contribution in [3.63, 3.8) is 0 Å². The summed E-state index contributed by atoms with van der Waals surface area (Å²) in [6, 6.07) is 6.07. The molecule has 0 saturated carbocycles. The van der Waals surface area contributed by atoms with Crippen molar-refractivity contribution in [2.45, 2.75) is 6.54 Å². The highest BCUT2D eigenvalue weighted by molar-refractivity contribution is 9.10. The van der Waals surface area contributed by atoms with Crippen molar-refractivity contribution in [3.05, 3.63) is 28.2 Å². The first-order valence-corrected chi connectivity index (χ1v) is 6.67. The quantitative estimate of drug-likeness (QED) is 0.709. The molecule has 1 aromatic rings. The van der Waals surface area contributed by atoms with Gasteiger partial charge in [0, 0.05) is 27.3 Å². The van der Waals surface area contributed by atoms with E-state index in [1.807, 2.05) is 12.1 Å². The minimum atomic E-state index is 0.556. The van der Waals surface area contributed by atoms with Crippen LogP contribution in [-0.2, 0) is 16.0 Å². The van der Waals surface area contributed by atoms with Crippen LogP contribution in [0.5, 0.6) is 5.75 Å². The van der Waals surface area contributed by atoms with Gasteiger partial charge in [-0.2, -0.15) is 0 Å². The van der Waals surface area contributed by atoms with Gasteiger partial charge in [-0.05, 0) is 33.6 Å². The third-order valence-electron chi connectivity index (χ3n) is 2.35. The molecule has 1 rings (SSSR count). The molecule has 1 N–H and O–H groups in total. The molecule has 0 bridgehead atoms. The van der Waals surface area contributed by atoms with Crippen molar-refractivity contribution in [2.75, 3.05) is 40.6 Å². The van der Waals surface area contributed by atoms with Crippen molar-refractivity contribution in [3.8, 4) is 5.75 Å². The van der Waals surface area contributed by atoms with Crippen LogP contribution in [0, 0.1) is 0 Å². The predicted octanol–water partition coefficient (Wildman–Crippen LogP) is 2.21. The average molecular weight is 318 g/mol. The maximum atomic E-state index is 5.56. The van der Waals surface area contributed by atoms with Gasteiger partial charge in [0.15, 0.2) is 0 Å². The van der Waals surface area contributed by atoms with E-state index in [1.54, 1.807) is 14.2 Å². The Bertz CT molecular complexity index is 347. The maximum absolute atomic E-state index is 5.56. The molecule has 0 saturated heterocycles. The number of methoxy groups -OCH3 is 2. The topological polar surface area (TPSA) is 39.7 Å². The monoisotopic (exact) mass is 317 g/mol. The number of nitrogens with one attached hydrogen (secondary N) is 1. The lowest BCUT2D eigenvalue weighted by atomic mass is 10.2. The van der Waals surface area contributed by atoms with E-state index < -0.39 is 0 Å². The summed E-state index contributed by atoms with van der Waals surface area (Å²) in [7, 11) is 3.36. The highest BCUT2D eigenvalue weighted by Gasteiger charge is 2.02. The predicted molar refractivity (Wildman–Crippen MR) is 75.1 cm³/mol. The molecule has 0 aliphatic heterocycles. The summed E-state index contributed by atoms with van der Waals surface area (Å²) >= 11 is 3.50. The van der Waals surface area contributed by atoms with Crippen molar-refractivity contribution in [1.29, 1.82) is 0 Å². The molecular weight excluding hydrogens is 298 g/mol. The second-order valence-electron chi connectivity index (χ2n) is 3.78. The van der Waals surface area contributed by atoms with Gasteiger partial charge in [0.05, 0.1) is 17.7 Å². The summed E-state index contributed by atoms with van der Waals surface area (Å²) in [4.78, 5) is 0. The minimum Gasteiger partial charge on any atom is -0.490 e. The molecule has 0 heterocycles. The zero-order chi connectivity index (χ0) is 13.2. The van der Waals surface area contributed by atoms with Crippen LogP contribution in [-0.4, -0.2) is 40.6 Å². The highest BCUT2D eigenvalue weighted by Crippen LogP contribution is 2.25. The standard InChI is InChI=1S/C13H20BrNO3/c1-16-6-5-15-10-11-3-4-13(12(14)9-11)18-8-7-17-2/h3-4,9,15H,5-8,10H2,1-2H3. The first-order valence-electron chi connectivity index (χ1n) is 5.87. The number of hydrogen-bond acceptors (Lipinski definition) is 4. The van der Waals surface area contributed by atoms with Crippen molar-refractivity contribution >= 4 is 15.9 Å². The molecule has 5 heteroatoms. The van der Waals surface area contributed by atoms with Gasteiger partial charge in [-0.1, -0.05) is 6.07 Å². The summed E-state index contributed by atoms with van der Waals surface area (Å²) in [5, 5.41) is 3.29. The number of halogens is 1. The van der Waals surface area contributed by atoms with E-state index >= 15 is 0 Å². The molecule has 18 heavy (non-hydrogen) atoms. The van der Waals surface area contributed by atoms with Crippen LogP contribution in [0.1, 0.15) is 5.56 Å². The number of hydrogen-bond donors (Lipinski definition) is 1. The molecule has 0 aliphatic rings. The lowest BCUT2D eigenvalue weighted by molar-refractivity contribution is 0.146. The second-order valence-corrected chi connectivity index (χ2v) is 4.63. The molecule has 1 aromatic carbocycles. The lowest BCUT2D eigenvalue weighted by Gasteiger charge is -2.10. The smallest absolute Gasteiger partial charge is 0.133 e. The van der Waals surface area contributed by atoms with E-state index in [0.717, 1.165) is 29.9 Å². The van der Waals surface area contributed by atoms with Crippen LogP contribution in [0.2, 0.25) is 0 Å². The van der Waals surface area contributed by atoms with Crippen LogP contribution in [0.25, 0.3) is 0 Å². The Kier molecular flexibility index (Phi) is 8.00. The lowest BCUT2D eigenvalue weighted by Crippen LogP contribution is -2.18. The molecule has 0 radical (unpaired) electrons. The third-order valence-corrected chi connectivity index (χ3v) is 2.97. The van der Waals surface area contributed by atoms with Gasteiger partial charge in [0.2, 0.25) is 0 Å². The summed E-state index contributed by atoms with van der Waals surface area (Å²) < 4.78 is 16.4. The molecule has 0 atom stereocenters. The van der Waals surface area contributed by atoms with Crippen LogP contribution in [0.3, 0.4) is 0 Å². The Morgan fingerprint density at radius 3 is 2.56 bits per heavy atom. The third kappa shape index (κ3) is 5.82. The molecule has 0 aliphatic carbocycles. The molecule has 0 aromatic heterocycles. The van der Waals surface area contributed by atoms with Crippen molar-refractivity contribution in [1.82, 2.24) is 5.32 Å². The average Bonchev–Trinajstić information content (AvgIpc) is 2.37. The summed E-state index contributed by atoms with van der Waals surface area (Å²) in [5.74, 6) is 0.840.